The largest absolute Gasteiger partial charge is 0.459 e. The molecule has 0 unspecified atom stereocenters. The molecule has 28 heavy (non-hydrogen) atoms. The highest BCUT2D eigenvalue weighted by molar-refractivity contribution is 5.93. The van der Waals surface area contributed by atoms with Crippen LogP contribution in [0.5, 0.6) is 0 Å². The van der Waals surface area contributed by atoms with E-state index in [1.54, 1.807) is 19.3 Å². The quantitative estimate of drug-likeness (QED) is 0.630. The van der Waals surface area contributed by atoms with E-state index in [1.807, 2.05) is 0 Å². The fraction of sp³-hybridized carbons (Fsp3) is 0.375. The zero-order valence-electron chi connectivity index (χ0n) is 15.0. The lowest BCUT2D eigenvalue weighted by molar-refractivity contribution is -0.291. The van der Waals surface area contributed by atoms with Crippen LogP contribution >= 0.6 is 0 Å². The van der Waals surface area contributed by atoms with Gasteiger partial charge in [0, 0.05) is 32.1 Å². The first-order chi connectivity index (χ1) is 12.9. The first-order valence-electron chi connectivity index (χ1n) is 7.96. The molecular formula is C16H15F5N6O. The number of aromatic nitrogens is 5. The average Bonchev–Trinajstić information content (AvgIpc) is 3.18. The Morgan fingerprint density at radius 2 is 1.86 bits per heavy atom. The van der Waals surface area contributed by atoms with Gasteiger partial charge in [-0.25, -0.2) is 9.50 Å². The van der Waals surface area contributed by atoms with Gasteiger partial charge in [-0.15, -0.1) is 0 Å². The van der Waals surface area contributed by atoms with Crippen LogP contribution in [0.25, 0.3) is 5.65 Å². The molecule has 0 atom stereocenters. The summed E-state index contributed by atoms with van der Waals surface area (Å²) < 4.78 is 68.2. The van der Waals surface area contributed by atoms with Crippen LogP contribution in [0.2, 0.25) is 0 Å². The van der Waals surface area contributed by atoms with Crippen LogP contribution in [-0.4, -0.2) is 48.4 Å². The lowest BCUT2D eigenvalue weighted by Gasteiger charge is -2.20. The van der Waals surface area contributed by atoms with Gasteiger partial charge in [0.15, 0.2) is 11.3 Å². The van der Waals surface area contributed by atoms with Crippen LogP contribution < -0.4 is 0 Å². The summed E-state index contributed by atoms with van der Waals surface area (Å²) in [6.07, 6.45) is -4.14. The average molecular weight is 402 g/mol. The summed E-state index contributed by atoms with van der Waals surface area (Å²) in [5, 5.41) is 7.77. The predicted molar refractivity (Wildman–Crippen MR) is 86.7 cm³/mol. The lowest BCUT2D eigenvalue weighted by Crippen LogP contribution is -2.36. The van der Waals surface area contributed by atoms with Gasteiger partial charge in [-0.2, -0.15) is 32.1 Å². The number of nitrogens with zero attached hydrogens (tertiary/aromatic N) is 6. The molecule has 0 N–H and O–H groups in total. The number of carbonyl (C=O) groups excluding carboxylic acids is 1. The smallest absolute Gasteiger partial charge is 0.334 e. The summed E-state index contributed by atoms with van der Waals surface area (Å²) in [4.78, 5) is 17.7. The zero-order chi connectivity index (χ0) is 20.9. The monoisotopic (exact) mass is 402 g/mol. The summed E-state index contributed by atoms with van der Waals surface area (Å²) >= 11 is 0. The van der Waals surface area contributed by atoms with Crippen LogP contribution in [-0.2, 0) is 19.5 Å². The van der Waals surface area contributed by atoms with E-state index >= 15 is 0 Å². The molecule has 3 aromatic heterocycles. The number of alkyl halides is 5. The van der Waals surface area contributed by atoms with Crippen LogP contribution in [0, 0.1) is 6.92 Å². The van der Waals surface area contributed by atoms with Crippen molar-refractivity contribution in [1.82, 2.24) is 29.3 Å². The van der Waals surface area contributed by atoms with Crippen LogP contribution in [0.1, 0.15) is 27.6 Å². The molecule has 0 aliphatic rings. The molecule has 0 bridgehead atoms. The second kappa shape index (κ2) is 6.53. The van der Waals surface area contributed by atoms with Gasteiger partial charge in [0.05, 0.1) is 12.2 Å². The van der Waals surface area contributed by atoms with Crippen molar-refractivity contribution in [3.8, 4) is 0 Å². The molecule has 0 spiro atoms. The second-order valence-electron chi connectivity index (χ2n) is 6.30. The van der Waals surface area contributed by atoms with Gasteiger partial charge < -0.3 is 4.90 Å². The summed E-state index contributed by atoms with van der Waals surface area (Å²) in [5.74, 6) is -5.83. The Bertz CT molecular complexity index is 1040. The van der Waals surface area contributed by atoms with E-state index in [2.05, 4.69) is 15.2 Å². The van der Waals surface area contributed by atoms with E-state index < -0.39 is 23.7 Å². The summed E-state index contributed by atoms with van der Waals surface area (Å²) in [5.41, 5.74) is -1.49. The maximum Gasteiger partial charge on any atom is 0.459 e. The molecule has 1 amide bonds. The maximum atomic E-state index is 13.9. The van der Waals surface area contributed by atoms with Gasteiger partial charge in [0.1, 0.15) is 5.69 Å². The Labute approximate surface area is 155 Å². The van der Waals surface area contributed by atoms with Crippen LogP contribution in [0.4, 0.5) is 22.0 Å². The first kappa shape index (κ1) is 19.7. The third-order valence-electron chi connectivity index (χ3n) is 3.97. The number of halogens is 5. The number of aryl methyl sites for hydroxylation is 2. The molecule has 0 radical (unpaired) electrons. The predicted octanol–water partition coefficient (Wildman–Crippen LogP) is 2.70. The Kier molecular flexibility index (Phi) is 4.60. The number of hydrogen-bond acceptors (Lipinski definition) is 4. The number of rotatable bonds is 4. The van der Waals surface area contributed by atoms with E-state index in [0.29, 0.717) is 16.3 Å². The maximum absolute atomic E-state index is 13.9. The normalized spacial score (nSPS) is 12.6. The highest BCUT2D eigenvalue weighted by atomic mass is 19.4. The molecule has 3 rings (SSSR count). The van der Waals surface area contributed by atoms with E-state index in [-0.39, 0.29) is 23.6 Å². The summed E-state index contributed by atoms with van der Waals surface area (Å²) in [6.45, 7) is 1.38. The zero-order valence-corrected chi connectivity index (χ0v) is 15.0. The molecule has 0 saturated heterocycles. The van der Waals surface area contributed by atoms with Crippen LogP contribution in [0.15, 0.2) is 24.4 Å². The molecule has 150 valence electrons. The molecule has 0 fully saturated rings. The van der Waals surface area contributed by atoms with Gasteiger partial charge in [-0.1, -0.05) is 0 Å². The molecule has 12 heteroatoms. The molecule has 0 saturated carbocycles. The fourth-order valence-corrected chi connectivity index (χ4v) is 2.63. The van der Waals surface area contributed by atoms with Gasteiger partial charge in [-0.3, -0.25) is 9.48 Å². The Morgan fingerprint density at radius 1 is 1.18 bits per heavy atom. The Hall–Kier alpha value is -3.05. The molecule has 0 aliphatic heterocycles. The lowest BCUT2D eigenvalue weighted by atomic mass is 10.2. The highest BCUT2D eigenvalue weighted by Gasteiger charge is 2.60. The standard InChI is InChI=1S/C16H15F5N6O/c1-9-6-12(15(17,18)16(19,20)21)27-13(22-9)7-11(24-27)14(28)25(2)8-10-4-5-26(3)23-10/h4-7H,8H2,1-3H3. The SMILES string of the molecule is Cc1cc(C(F)(F)C(F)(F)F)n2nc(C(=O)N(C)Cc3ccn(C)n3)cc2n1. The van der Waals surface area contributed by atoms with Crippen molar-refractivity contribution in [2.24, 2.45) is 7.05 Å². The number of fused-ring (bicyclic) bond motifs is 1. The van der Waals surface area contributed by atoms with Gasteiger partial charge >= 0.3 is 12.1 Å². The van der Waals surface area contributed by atoms with Gasteiger partial charge in [0.2, 0.25) is 0 Å². The van der Waals surface area contributed by atoms with Crippen molar-refractivity contribution in [3.63, 3.8) is 0 Å². The van der Waals surface area contributed by atoms with E-state index in [1.165, 1.54) is 23.6 Å². The minimum atomic E-state index is -5.82. The van der Waals surface area contributed by atoms with Gasteiger partial charge in [0.25, 0.3) is 5.91 Å². The Balaban J connectivity index is 2.00. The van der Waals surface area contributed by atoms with E-state index in [9.17, 15) is 26.7 Å². The second-order valence-corrected chi connectivity index (χ2v) is 6.30. The minimum absolute atomic E-state index is 0.0628. The van der Waals surface area contributed by atoms with Crippen molar-refractivity contribution in [2.45, 2.75) is 25.6 Å². The van der Waals surface area contributed by atoms with E-state index in [4.69, 9.17) is 0 Å². The number of amides is 1. The van der Waals surface area contributed by atoms with Crippen molar-refractivity contribution < 1.29 is 26.7 Å². The molecular weight excluding hydrogens is 387 g/mol. The first-order valence-corrected chi connectivity index (χ1v) is 7.96. The van der Waals surface area contributed by atoms with Crippen LogP contribution in [0.3, 0.4) is 0 Å². The minimum Gasteiger partial charge on any atom is -0.334 e. The number of hydrogen-bond donors (Lipinski definition) is 0. The van der Waals surface area contributed by atoms with Crippen molar-refractivity contribution >= 4 is 11.6 Å². The van der Waals surface area contributed by atoms with Crippen molar-refractivity contribution in [3.05, 3.63) is 47.2 Å². The third-order valence-corrected chi connectivity index (χ3v) is 3.97. The molecule has 0 aromatic carbocycles. The summed E-state index contributed by atoms with van der Waals surface area (Å²) in [6, 6.07) is 3.35. The topological polar surface area (TPSA) is 68.3 Å². The van der Waals surface area contributed by atoms with Crippen molar-refractivity contribution in [2.75, 3.05) is 7.05 Å². The molecule has 3 aromatic rings. The van der Waals surface area contributed by atoms with Crippen molar-refractivity contribution in [1.29, 1.82) is 0 Å². The third kappa shape index (κ3) is 3.41. The fourth-order valence-electron chi connectivity index (χ4n) is 2.63. The van der Waals surface area contributed by atoms with E-state index in [0.717, 1.165) is 6.07 Å². The molecule has 0 aliphatic carbocycles. The highest BCUT2D eigenvalue weighted by Crippen LogP contribution is 2.43. The summed E-state index contributed by atoms with van der Waals surface area (Å²) in [7, 11) is 3.13. The number of carbonyl (C=O) groups is 1. The Morgan fingerprint density at radius 3 is 2.43 bits per heavy atom. The van der Waals surface area contributed by atoms with Gasteiger partial charge in [-0.05, 0) is 19.1 Å². The molecule has 3 heterocycles. The molecule has 7 nitrogen and oxygen atoms in total.